The van der Waals surface area contributed by atoms with Gasteiger partial charge in [0.1, 0.15) is 17.5 Å². The van der Waals surface area contributed by atoms with E-state index >= 15 is 0 Å². The van der Waals surface area contributed by atoms with Crippen LogP contribution in [0.5, 0.6) is 5.75 Å². The van der Waals surface area contributed by atoms with Crippen LogP contribution < -0.4 is 10.1 Å². The molecule has 1 saturated carbocycles. The summed E-state index contributed by atoms with van der Waals surface area (Å²) in [6, 6.07) is 9.16. The minimum Gasteiger partial charge on any atom is -0.487 e. The second kappa shape index (κ2) is 5.29. The summed E-state index contributed by atoms with van der Waals surface area (Å²) in [5.41, 5.74) is 0.931. The molecule has 0 spiro atoms. The third kappa shape index (κ3) is 3.78. The van der Waals surface area contributed by atoms with Crippen molar-refractivity contribution in [1.82, 2.24) is 5.32 Å². The summed E-state index contributed by atoms with van der Waals surface area (Å²) in [5.74, 6) is 0.949. The molecule has 1 unspecified atom stereocenters. The number of nitrogens with one attached hydrogen (secondary N) is 1. The van der Waals surface area contributed by atoms with Gasteiger partial charge in [0, 0.05) is 19.0 Å². The molecule has 2 fully saturated rings. The summed E-state index contributed by atoms with van der Waals surface area (Å²) in [4.78, 5) is 0. The second-order valence-corrected chi connectivity index (χ2v) is 7.58. The van der Waals surface area contributed by atoms with E-state index in [1.807, 2.05) is 6.07 Å². The van der Waals surface area contributed by atoms with E-state index < -0.39 is 0 Å². The fourth-order valence-corrected chi connectivity index (χ4v) is 3.14. The van der Waals surface area contributed by atoms with E-state index in [9.17, 15) is 0 Å². The molecule has 3 nitrogen and oxygen atoms in total. The minimum atomic E-state index is -0.244. The standard InChI is InChI=1S/C18H27NO2/c1-17(2)11-16(18(3,4)21-17)20-15-7-5-6-13(10-15)12-19-14-8-9-14/h5-7,10,14,16,19H,8-9,11-12H2,1-4H3. The van der Waals surface area contributed by atoms with Gasteiger partial charge in [0.2, 0.25) is 0 Å². The first-order valence-electron chi connectivity index (χ1n) is 8.03. The zero-order valence-electron chi connectivity index (χ0n) is 13.6. The first kappa shape index (κ1) is 14.9. The molecule has 0 aromatic heterocycles. The third-order valence-corrected chi connectivity index (χ3v) is 4.34. The van der Waals surface area contributed by atoms with Gasteiger partial charge in [0.15, 0.2) is 0 Å². The van der Waals surface area contributed by atoms with Crippen LogP contribution in [0.15, 0.2) is 24.3 Å². The molecular weight excluding hydrogens is 262 g/mol. The molecule has 0 bridgehead atoms. The van der Waals surface area contributed by atoms with E-state index in [-0.39, 0.29) is 17.3 Å². The van der Waals surface area contributed by atoms with E-state index in [2.05, 4.69) is 51.2 Å². The van der Waals surface area contributed by atoms with Crippen molar-refractivity contribution in [2.75, 3.05) is 0 Å². The van der Waals surface area contributed by atoms with Crippen LogP contribution >= 0.6 is 0 Å². The highest BCUT2D eigenvalue weighted by atomic mass is 16.6. The molecule has 1 saturated heterocycles. The van der Waals surface area contributed by atoms with Crippen molar-refractivity contribution in [3.05, 3.63) is 29.8 Å². The van der Waals surface area contributed by atoms with Gasteiger partial charge in [-0.1, -0.05) is 12.1 Å². The number of hydrogen-bond donors (Lipinski definition) is 1. The molecular formula is C18H27NO2. The SMILES string of the molecule is CC1(C)CC(Oc2cccc(CNC3CC3)c2)C(C)(C)O1. The van der Waals surface area contributed by atoms with Crippen LogP contribution in [0, 0.1) is 0 Å². The zero-order valence-corrected chi connectivity index (χ0v) is 13.6. The predicted molar refractivity (Wildman–Crippen MR) is 84.6 cm³/mol. The Hall–Kier alpha value is -1.06. The van der Waals surface area contributed by atoms with E-state index in [0.29, 0.717) is 0 Å². The zero-order chi connectivity index (χ0) is 15.1. The van der Waals surface area contributed by atoms with Gasteiger partial charge in [-0.05, 0) is 58.2 Å². The largest absolute Gasteiger partial charge is 0.487 e. The Kier molecular flexibility index (Phi) is 3.74. The summed E-state index contributed by atoms with van der Waals surface area (Å²) in [6.45, 7) is 9.43. The van der Waals surface area contributed by atoms with E-state index in [1.165, 1.54) is 18.4 Å². The first-order valence-corrected chi connectivity index (χ1v) is 8.03. The van der Waals surface area contributed by atoms with Crippen LogP contribution in [0.1, 0.15) is 52.5 Å². The summed E-state index contributed by atoms with van der Waals surface area (Å²) >= 11 is 0. The molecule has 2 aliphatic rings. The maximum atomic E-state index is 6.24. The normalized spacial score (nSPS) is 26.8. The lowest BCUT2D eigenvalue weighted by atomic mass is 9.97. The predicted octanol–water partition coefficient (Wildman–Crippen LogP) is 3.66. The second-order valence-electron chi connectivity index (χ2n) is 7.58. The van der Waals surface area contributed by atoms with Gasteiger partial charge in [0.05, 0.1) is 5.60 Å². The molecule has 1 aromatic rings. The lowest BCUT2D eigenvalue weighted by molar-refractivity contribution is -0.0846. The molecule has 1 heterocycles. The average Bonchev–Trinajstić information content (AvgIpc) is 3.15. The van der Waals surface area contributed by atoms with Crippen molar-refractivity contribution in [2.24, 2.45) is 0 Å². The fraction of sp³-hybridized carbons (Fsp3) is 0.667. The lowest BCUT2D eigenvalue weighted by Gasteiger charge is -2.27. The van der Waals surface area contributed by atoms with E-state index in [4.69, 9.17) is 9.47 Å². The van der Waals surface area contributed by atoms with Crippen molar-refractivity contribution in [2.45, 2.75) is 76.9 Å². The Morgan fingerprint density at radius 2 is 2.00 bits per heavy atom. The molecule has 3 heteroatoms. The highest BCUT2D eigenvalue weighted by Crippen LogP contribution is 2.39. The van der Waals surface area contributed by atoms with Gasteiger partial charge in [-0.3, -0.25) is 0 Å². The Morgan fingerprint density at radius 3 is 2.62 bits per heavy atom. The number of hydrogen-bond acceptors (Lipinski definition) is 3. The smallest absolute Gasteiger partial charge is 0.130 e. The van der Waals surface area contributed by atoms with Gasteiger partial charge >= 0.3 is 0 Å². The van der Waals surface area contributed by atoms with Crippen molar-refractivity contribution in [3.63, 3.8) is 0 Å². The maximum absolute atomic E-state index is 6.24. The average molecular weight is 289 g/mol. The van der Waals surface area contributed by atoms with Crippen molar-refractivity contribution >= 4 is 0 Å². The van der Waals surface area contributed by atoms with E-state index in [1.54, 1.807) is 0 Å². The molecule has 3 rings (SSSR count). The molecule has 1 aliphatic carbocycles. The molecule has 1 N–H and O–H groups in total. The van der Waals surface area contributed by atoms with Crippen LogP contribution in [0.4, 0.5) is 0 Å². The summed E-state index contributed by atoms with van der Waals surface area (Å²) in [6.07, 6.45) is 3.65. The first-order chi connectivity index (χ1) is 9.84. The molecule has 21 heavy (non-hydrogen) atoms. The van der Waals surface area contributed by atoms with Crippen LogP contribution in [-0.4, -0.2) is 23.3 Å². The van der Waals surface area contributed by atoms with Gasteiger partial charge in [-0.15, -0.1) is 0 Å². The highest BCUT2D eigenvalue weighted by Gasteiger charge is 2.47. The van der Waals surface area contributed by atoms with E-state index in [0.717, 1.165) is 24.8 Å². The van der Waals surface area contributed by atoms with Gasteiger partial charge in [-0.2, -0.15) is 0 Å². The monoisotopic (exact) mass is 289 g/mol. The Bertz CT molecular complexity index is 506. The summed E-state index contributed by atoms with van der Waals surface area (Å²) in [5, 5.41) is 3.54. The minimum absolute atomic E-state index is 0.0964. The number of benzene rings is 1. The topological polar surface area (TPSA) is 30.5 Å². The Balaban J connectivity index is 1.65. The number of ether oxygens (including phenoxy) is 2. The van der Waals surface area contributed by atoms with Gasteiger partial charge in [-0.25, -0.2) is 0 Å². The van der Waals surface area contributed by atoms with Gasteiger partial charge < -0.3 is 14.8 Å². The summed E-state index contributed by atoms with van der Waals surface area (Å²) < 4.78 is 12.3. The van der Waals surface area contributed by atoms with Crippen LogP contribution in [-0.2, 0) is 11.3 Å². The Morgan fingerprint density at radius 1 is 1.24 bits per heavy atom. The molecule has 0 amide bonds. The van der Waals surface area contributed by atoms with Crippen LogP contribution in [0.25, 0.3) is 0 Å². The Labute approximate surface area is 128 Å². The quantitative estimate of drug-likeness (QED) is 0.897. The molecule has 1 atom stereocenters. The number of rotatable bonds is 5. The van der Waals surface area contributed by atoms with Crippen LogP contribution in [0.2, 0.25) is 0 Å². The fourth-order valence-electron chi connectivity index (χ4n) is 3.14. The molecule has 116 valence electrons. The van der Waals surface area contributed by atoms with Crippen molar-refractivity contribution in [1.29, 1.82) is 0 Å². The molecule has 1 aromatic carbocycles. The highest BCUT2D eigenvalue weighted by molar-refractivity contribution is 5.29. The van der Waals surface area contributed by atoms with Crippen LogP contribution in [0.3, 0.4) is 0 Å². The molecule has 1 aliphatic heterocycles. The third-order valence-electron chi connectivity index (χ3n) is 4.34. The van der Waals surface area contributed by atoms with Crippen molar-refractivity contribution in [3.8, 4) is 5.75 Å². The van der Waals surface area contributed by atoms with Gasteiger partial charge in [0.25, 0.3) is 0 Å². The maximum Gasteiger partial charge on any atom is 0.130 e. The molecule has 0 radical (unpaired) electrons. The van der Waals surface area contributed by atoms with Crippen molar-refractivity contribution < 1.29 is 9.47 Å². The summed E-state index contributed by atoms with van der Waals surface area (Å²) in [7, 11) is 0. The lowest BCUT2D eigenvalue weighted by Crippen LogP contribution is -2.36.